The molecule has 0 spiro atoms. The fourth-order valence-electron chi connectivity index (χ4n) is 1.63. The topological polar surface area (TPSA) is 70.7 Å². The summed E-state index contributed by atoms with van der Waals surface area (Å²) in [6.07, 6.45) is -0.331. The summed E-state index contributed by atoms with van der Waals surface area (Å²) < 4.78 is 29.5. The summed E-state index contributed by atoms with van der Waals surface area (Å²) in [5.41, 5.74) is -0.175. The van der Waals surface area contributed by atoms with E-state index in [0.29, 0.717) is 12.8 Å². The van der Waals surface area contributed by atoms with Crippen LogP contribution in [0, 0.1) is 0 Å². The van der Waals surface area contributed by atoms with Crippen LogP contribution in [-0.4, -0.2) is 40.9 Å². The normalized spacial score (nSPS) is 14.8. The number of nitrogens with zero attached hydrogens (tertiary/aromatic N) is 1. The smallest absolute Gasteiger partial charge is 0.338 e. The highest BCUT2D eigenvalue weighted by Crippen LogP contribution is 2.29. The molecule has 1 amide bonds. The molecule has 0 saturated heterocycles. The average molecular weight is 259 g/mol. The van der Waals surface area contributed by atoms with E-state index in [1.165, 1.54) is 0 Å². The highest BCUT2D eigenvalue weighted by atomic mass is 19.3. The molecule has 1 N–H and O–H groups in total. The van der Waals surface area contributed by atoms with Gasteiger partial charge >= 0.3 is 5.97 Å². The Balaban J connectivity index is 2.14. The molecule has 1 aliphatic rings. The number of rotatable bonds is 5. The lowest BCUT2D eigenvalue weighted by Gasteiger charge is -2.20. The third-order valence-corrected chi connectivity index (χ3v) is 2.64. The van der Waals surface area contributed by atoms with Gasteiger partial charge in [0.1, 0.15) is 6.26 Å². The molecule has 1 aliphatic carbocycles. The first-order valence-electron chi connectivity index (χ1n) is 5.40. The zero-order valence-electron chi connectivity index (χ0n) is 9.31. The molecule has 0 bridgehead atoms. The molecular weight excluding hydrogens is 248 g/mol. The Morgan fingerprint density at radius 3 is 2.61 bits per heavy atom. The second-order valence-corrected chi connectivity index (χ2v) is 4.08. The molecule has 0 aromatic carbocycles. The number of amides is 1. The van der Waals surface area contributed by atoms with Crippen molar-refractivity contribution in [3.8, 4) is 0 Å². The number of hydrogen-bond acceptors (Lipinski definition) is 3. The molecule has 1 aromatic heterocycles. The van der Waals surface area contributed by atoms with Gasteiger partial charge in [0.05, 0.1) is 12.1 Å². The first kappa shape index (κ1) is 12.5. The second kappa shape index (κ2) is 4.75. The van der Waals surface area contributed by atoms with Crippen LogP contribution in [0.1, 0.15) is 33.8 Å². The molecule has 1 heterocycles. The van der Waals surface area contributed by atoms with Gasteiger partial charge in [0, 0.05) is 12.1 Å². The fraction of sp³-hybridized carbons (Fsp3) is 0.455. The number of carbonyl (C=O) groups excluding carboxylic acids is 1. The molecule has 1 saturated carbocycles. The van der Waals surface area contributed by atoms with Crippen LogP contribution >= 0.6 is 0 Å². The van der Waals surface area contributed by atoms with Gasteiger partial charge in [0.2, 0.25) is 0 Å². The van der Waals surface area contributed by atoms with Gasteiger partial charge in [-0.2, -0.15) is 0 Å². The third kappa shape index (κ3) is 2.66. The van der Waals surface area contributed by atoms with Crippen molar-refractivity contribution in [1.29, 1.82) is 0 Å². The molecule has 0 atom stereocenters. The summed E-state index contributed by atoms with van der Waals surface area (Å²) in [6.45, 7) is -0.660. The van der Waals surface area contributed by atoms with E-state index in [0.717, 1.165) is 17.2 Å². The van der Waals surface area contributed by atoms with Crippen molar-refractivity contribution in [1.82, 2.24) is 4.90 Å². The summed E-state index contributed by atoms with van der Waals surface area (Å²) in [5.74, 6) is -2.14. The first-order valence-corrected chi connectivity index (χ1v) is 5.40. The molecule has 7 heteroatoms. The van der Waals surface area contributed by atoms with E-state index in [1.54, 1.807) is 0 Å². The number of halogens is 2. The highest BCUT2D eigenvalue weighted by molar-refractivity contribution is 5.95. The van der Waals surface area contributed by atoms with Crippen LogP contribution in [0.3, 0.4) is 0 Å². The van der Waals surface area contributed by atoms with Gasteiger partial charge in [-0.25, -0.2) is 13.6 Å². The molecule has 0 radical (unpaired) electrons. The predicted molar refractivity (Wildman–Crippen MR) is 55.7 cm³/mol. The predicted octanol–water partition coefficient (Wildman–Crippen LogP) is 1.85. The van der Waals surface area contributed by atoms with Gasteiger partial charge in [-0.15, -0.1) is 0 Å². The van der Waals surface area contributed by atoms with E-state index in [1.807, 2.05) is 0 Å². The number of carbonyl (C=O) groups is 2. The molecule has 18 heavy (non-hydrogen) atoms. The zero-order chi connectivity index (χ0) is 13.3. The average Bonchev–Trinajstić information content (AvgIpc) is 3.00. The van der Waals surface area contributed by atoms with Crippen LogP contribution in [-0.2, 0) is 0 Å². The number of furan rings is 1. The standard InChI is InChI=1S/C11H11F2NO4/c12-9(13)4-14(7-1-2-7)10(15)8-3-6(5-18-8)11(16)17/h3,5,7,9H,1-2,4H2,(H,16,17). The van der Waals surface area contributed by atoms with E-state index in [4.69, 9.17) is 9.52 Å². The van der Waals surface area contributed by atoms with E-state index < -0.39 is 24.8 Å². The molecule has 98 valence electrons. The maximum Gasteiger partial charge on any atom is 0.338 e. The van der Waals surface area contributed by atoms with Crippen molar-refractivity contribution in [3.63, 3.8) is 0 Å². The van der Waals surface area contributed by atoms with E-state index >= 15 is 0 Å². The number of alkyl halides is 2. The SMILES string of the molecule is O=C(O)c1coc(C(=O)N(CC(F)F)C2CC2)c1. The van der Waals surface area contributed by atoms with Gasteiger partial charge in [0.15, 0.2) is 5.76 Å². The van der Waals surface area contributed by atoms with Gasteiger partial charge in [-0.05, 0) is 12.8 Å². The molecule has 5 nitrogen and oxygen atoms in total. The summed E-state index contributed by atoms with van der Waals surface area (Å²) in [4.78, 5) is 23.6. The van der Waals surface area contributed by atoms with Crippen LogP contribution in [0.5, 0.6) is 0 Å². The minimum atomic E-state index is -2.62. The van der Waals surface area contributed by atoms with Gasteiger partial charge in [-0.3, -0.25) is 4.79 Å². The minimum Gasteiger partial charge on any atom is -0.478 e. The lowest BCUT2D eigenvalue weighted by atomic mass is 10.3. The summed E-state index contributed by atoms with van der Waals surface area (Å²) >= 11 is 0. The number of carboxylic acids is 1. The summed E-state index contributed by atoms with van der Waals surface area (Å²) in [6, 6.07) is 0.857. The van der Waals surface area contributed by atoms with Crippen molar-refractivity contribution in [2.45, 2.75) is 25.3 Å². The van der Waals surface area contributed by atoms with Crippen molar-refractivity contribution >= 4 is 11.9 Å². The lowest BCUT2D eigenvalue weighted by molar-refractivity contribution is 0.0507. The summed E-state index contributed by atoms with van der Waals surface area (Å²) in [5, 5.41) is 8.68. The maximum atomic E-state index is 12.4. The Morgan fingerprint density at radius 2 is 2.17 bits per heavy atom. The third-order valence-electron chi connectivity index (χ3n) is 2.64. The Labute approximate surface area is 101 Å². The molecule has 1 aromatic rings. The van der Waals surface area contributed by atoms with Crippen LogP contribution in [0.2, 0.25) is 0 Å². The Kier molecular flexibility index (Phi) is 3.31. The van der Waals surface area contributed by atoms with E-state index in [9.17, 15) is 18.4 Å². The van der Waals surface area contributed by atoms with Crippen LogP contribution < -0.4 is 0 Å². The van der Waals surface area contributed by atoms with Crippen LogP contribution in [0.25, 0.3) is 0 Å². The molecule has 0 unspecified atom stereocenters. The van der Waals surface area contributed by atoms with Crippen molar-refractivity contribution in [3.05, 3.63) is 23.7 Å². The fourth-order valence-corrected chi connectivity index (χ4v) is 1.63. The van der Waals surface area contributed by atoms with Crippen LogP contribution in [0.15, 0.2) is 16.7 Å². The Hall–Kier alpha value is -1.92. The Morgan fingerprint density at radius 1 is 1.50 bits per heavy atom. The highest BCUT2D eigenvalue weighted by Gasteiger charge is 2.36. The van der Waals surface area contributed by atoms with E-state index in [-0.39, 0.29) is 17.4 Å². The van der Waals surface area contributed by atoms with Crippen molar-refractivity contribution in [2.24, 2.45) is 0 Å². The quantitative estimate of drug-likeness (QED) is 0.875. The summed E-state index contributed by atoms with van der Waals surface area (Å²) in [7, 11) is 0. The monoisotopic (exact) mass is 259 g/mol. The van der Waals surface area contributed by atoms with Gasteiger partial charge in [-0.1, -0.05) is 0 Å². The minimum absolute atomic E-state index is 0.175. The lowest BCUT2D eigenvalue weighted by Crippen LogP contribution is -2.36. The van der Waals surface area contributed by atoms with Gasteiger partial charge in [0.25, 0.3) is 12.3 Å². The zero-order valence-corrected chi connectivity index (χ0v) is 9.31. The molecule has 2 rings (SSSR count). The maximum absolute atomic E-state index is 12.4. The number of carboxylic acid groups (broad SMARTS) is 1. The first-order chi connectivity index (χ1) is 8.49. The molecule has 0 aliphatic heterocycles. The van der Waals surface area contributed by atoms with Crippen molar-refractivity contribution < 1.29 is 27.9 Å². The molecule has 1 fully saturated rings. The second-order valence-electron chi connectivity index (χ2n) is 4.08. The molecular formula is C11H11F2NO4. The Bertz CT molecular complexity index is 467. The van der Waals surface area contributed by atoms with Gasteiger partial charge < -0.3 is 14.4 Å². The van der Waals surface area contributed by atoms with Crippen LogP contribution in [0.4, 0.5) is 8.78 Å². The number of hydrogen-bond donors (Lipinski definition) is 1. The van der Waals surface area contributed by atoms with Crippen molar-refractivity contribution in [2.75, 3.05) is 6.54 Å². The largest absolute Gasteiger partial charge is 0.478 e. The number of aromatic carboxylic acids is 1. The van der Waals surface area contributed by atoms with E-state index in [2.05, 4.69) is 0 Å².